The molecule has 0 saturated heterocycles. The van der Waals surface area contributed by atoms with Gasteiger partial charge >= 0.3 is 35.0 Å². The molecule has 1 N–H and O–H groups in total. The van der Waals surface area contributed by atoms with Gasteiger partial charge in [0.05, 0.1) is 22.1 Å². The minimum atomic E-state index is -0.106. The molecule has 2 aliphatic heterocycles. The summed E-state index contributed by atoms with van der Waals surface area (Å²) in [5.41, 5.74) is 8.73. The first-order chi connectivity index (χ1) is 18.5. The van der Waals surface area contributed by atoms with Gasteiger partial charge in [-0.25, -0.2) is 0 Å². The third-order valence-corrected chi connectivity index (χ3v) is 7.33. The monoisotopic (exact) mass is 677 g/mol. The van der Waals surface area contributed by atoms with Gasteiger partial charge in [0.25, 0.3) is 0 Å². The van der Waals surface area contributed by atoms with E-state index in [1.54, 1.807) is 0 Å². The fourth-order valence-electron chi connectivity index (χ4n) is 5.16. The second-order valence-electron chi connectivity index (χ2n) is 11.0. The summed E-state index contributed by atoms with van der Waals surface area (Å²) in [5, 5.41) is 4.18. The van der Waals surface area contributed by atoms with Crippen LogP contribution in [0.25, 0.3) is 0 Å². The van der Waals surface area contributed by atoms with Crippen molar-refractivity contribution in [1.29, 1.82) is 0 Å². The predicted octanol–water partition coefficient (Wildman–Crippen LogP) is 10.8. The molecular weight excluding hydrogens is 639 g/mol. The number of nitrogens with one attached hydrogen (secondary N) is 1. The molecule has 0 aromatic heterocycles. The molecule has 0 amide bonds. The van der Waals surface area contributed by atoms with Crippen LogP contribution in [0.15, 0.2) is 83.7 Å². The Balaban J connectivity index is 0.00000134. The van der Waals surface area contributed by atoms with E-state index >= 15 is 0 Å². The minimum absolute atomic E-state index is 0.106. The Morgan fingerprint density at radius 3 is 1.33 bits per heavy atom. The quantitative estimate of drug-likeness (QED) is 0.307. The summed E-state index contributed by atoms with van der Waals surface area (Å²) >= 11 is 6.78. The Morgan fingerprint density at radius 1 is 0.667 bits per heavy atom. The number of hydrogen-bond donors (Lipinski definition) is 1. The second kappa shape index (κ2) is 14.3. The molecule has 7 heteroatoms. The Bertz CT molecular complexity index is 1150. The molecule has 0 radical (unpaired) electrons. The van der Waals surface area contributed by atoms with Crippen molar-refractivity contribution in [2.24, 2.45) is 0 Å². The van der Waals surface area contributed by atoms with E-state index in [0.717, 1.165) is 11.5 Å². The normalized spacial score (nSPS) is 15.1. The molecule has 0 unspecified atom stereocenters. The van der Waals surface area contributed by atoms with Crippen LogP contribution in [0.3, 0.4) is 0 Å². The van der Waals surface area contributed by atoms with Crippen LogP contribution in [0.2, 0.25) is 0 Å². The predicted molar refractivity (Wildman–Crippen MR) is 168 cm³/mol. The third kappa shape index (κ3) is 6.98. The zero-order valence-corrected chi connectivity index (χ0v) is 27.8. The summed E-state index contributed by atoms with van der Waals surface area (Å²) in [6.07, 6.45) is 10.3. The fraction of sp³-hybridized carbons (Fsp3) is 0.375. The molecule has 0 saturated carbocycles. The van der Waals surface area contributed by atoms with Crippen LogP contribution in [0.5, 0.6) is 0 Å². The molecular formula is C32H40Cl3N3Pd. The average Bonchev–Trinajstić information content (AvgIpc) is 3.32. The number of benzene rings is 2. The third-order valence-electron chi connectivity index (χ3n) is 7.02. The number of hydrogen-bond acceptors (Lipinski definition) is 3. The molecule has 0 bridgehead atoms. The van der Waals surface area contributed by atoms with Gasteiger partial charge in [0, 0.05) is 18.6 Å². The van der Waals surface area contributed by atoms with E-state index in [-0.39, 0.29) is 15.9 Å². The van der Waals surface area contributed by atoms with Crippen molar-refractivity contribution < 1.29 is 15.9 Å². The molecule has 4 rings (SSSR count). The second-order valence-corrected chi connectivity index (χ2v) is 13.8. The van der Waals surface area contributed by atoms with Crippen LogP contribution in [-0.2, 0) is 15.9 Å². The SMILES string of the molecule is CC(C)c1cccc(C(C)C)c1N1C=CN(c2c(C(C)C)cccc2C(C)C)C1=C1NC=CC=C1Cl.[Cl][Pd][Cl]. The van der Waals surface area contributed by atoms with E-state index in [1.807, 2.05) is 18.4 Å². The van der Waals surface area contributed by atoms with Crippen LogP contribution in [0.4, 0.5) is 11.4 Å². The van der Waals surface area contributed by atoms with E-state index < -0.39 is 0 Å². The summed E-state index contributed by atoms with van der Waals surface area (Å²) in [7, 11) is 9.63. The standard InChI is InChI=1S/C32H40ClN3.2ClH.Pd/c1-20(2)24-12-9-13-25(21(3)4)30(24)35-18-19-36(32(35)29-28(33)16-11-17-34-29)31-26(22(5)6)14-10-15-27(31)23(7)8;;;/h9-23,34H,1-8H3;2*1H;/q;;;+2/p-2. The summed E-state index contributed by atoms with van der Waals surface area (Å²) in [4.78, 5) is 4.70. The number of para-hydroxylation sites is 2. The number of allylic oxidation sites excluding steroid dienone is 3. The molecule has 0 aliphatic carbocycles. The molecule has 2 aromatic rings. The maximum atomic E-state index is 6.89. The summed E-state index contributed by atoms with van der Waals surface area (Å²) < 4.78 is 0. The van der Waals surface area contributed by atoms with Crippen molar-refractivity contribution in [2.45, 2.75) is 79.1 Å². The van der Waals surface area contributed by atoms with Gasteiger partial charge in [-0.3, -0.25) is 9.80 Å². The van der Waals surface area contributed by atoms with Crippen molar-refractivity contribution in [3.63, 3.8) is 0 Å². The van der Waals surface area contributed by atoms with E-state index in [2.05, 4.69) is 119 Å². The fourth-order valence-corrected chi connectivity index (χ4v) is 5.37. The molecule has 3 nitrogen and oxygen atoms in total. The summed E-state index contributed by atoms with van der Waals surface area (Å²) in [5.74, 6) is 2.56. The maximum absolute atomic E-state index is 6.89. The molecule has 0 atom stereocenters. The van der Waals surface area contributed by atoms with E-state index in [9.17, 15) is 0 Å². The topological polar surface area (TPSA) is 18.5 Å². The number of halogens is 3. The Hall–Kier alpha value is -1.67. The number of nitrogens with zero attached hydrogens (tertiary/aromatic N) is 2. The first kappa shape index (κ1) is 31.9. The molecule has 2 aliphatic rings. The molecule has 2 aromatic carbocycles. The van der Waals surface area contributed by atoms with Gasteiger partial charge < -0.3 is 5.32 Å². The molecule has 2 heterocycles. The van der Waals surface area contributed by atoms with Gasteiger partial charge in [-0.05, 0) is 58.1 Å². The van der Waals surface area contributed by atoms with Crippen molar-refractivity contribution in [1.82, 2.24) is 5.32 Å². The first-order valence-electron chi connectivity index (χ1n) is 13.4. The van der Waals surface area contributed by atoms with E-state index in [0.29, 0.717) is 28.7 Å². The molecule has 39 heavy (non-hydrogen) atoms. The van der Waals surface area contributed by atoms with Gasteiger partial charge in [-0.15, -0.1) is 0 Å². The van der Waals surface area contributed by atoms with Crippen molar-refractivity contribution in [3.05, 3.63) is 106 Å². The zero-order valence-electron chi connectivity index (χ0n) is 24.0. The van der Waals surface area contributed by atoms with Crippen LogP contribution < -0.4 is 15.1 Å². The van der Waals surface area contributed by atoms with Crippen LogP contribution >= 0.6 is 30.7 Å². The van der Waals surface area contributed by atoms with Gasteiger partial charge in [-0.1, -0.05) is 103 Å². The Kier molecular flexibility index (Phi) is 11.7. The number of dihydropyridines is 1. The van der Waals surface area contributed by atoms with Gasteiger partial charge in [-0.2, -0.15) is 0 Å². The molecule has 0 spiro atoms. The van der Waals surface area contributed by atoms with Gasteiger partial charge in [0.15, 0.2) is 0 Å². The summed E-state index contributed by atoms with van der Waals surface area (Å²) in [6, 6.07) is 13.4. The van der Waals surface area contributed by atoms with Gasteiger partial charge in [0.1, 0.15) is 5.82 Å². The zero-order chi connectivity index (χ0) is 28.9. The molecule has 214 valence electrons. The molecule has 0 fully saturated rings. The van der Waals surface area contributed by atoms with Gasteiger partial charge in [0.2, 0.25) is 0 Å². The van der Waals surface area contributed by atoms with E-state index in [1.165, 1.54) is 33.6 Å². The Morgan fingerprint density at radius 2 is 1.03 bits per heavy atom. The number of anilines is 2. The van der Waals surface area contributed by atoms with Crippen molar-refractivity contribution in [2.75, 3.05) is 9.80 Å². The number of rotatable bonds is 6. The van der Waals surface area contributed by atoms with Crippen molar-refractivity contribution >= 4 is 42.0 Å². The van der Waals surface area contributed by atoms with Crippen LogP contribution in [0, 0.1) is 0 Å². The Labute approximate surface area is 256 Å². The first-order valence-corrected chi connectivity index (χ1v) is 17.8. The van der Waals surface area contributed by atoms with Crippen molar-refractivity contribution in [3.8, 4) is 0 Å². The average molecular weight is 679 g/mol. The van der Waals surface area contributed by atoms with E-state index in [4.69, 9.17) is 30.7 Å². The van der Waals surface area contributed by atoms with Crippen LogP contribution in [-0.4, -0.2) is 0 Å². The summed E-state index contributed by atoms with van der Waals surface area (Å²) in [6.45, 7) is 18.2. The van der Waals surface area contributed by atoms with Crippen LogP contribution in [0.1, 0.15) is 101 Å².